The van der Waals surface area contributed by atoms with E-state index >= 15 is 0 Å². The second-order valence-corrected chi connectivity index (χ2v) is 3.89. The predicted molar refractivity (Wildman–Crippen MR) is 58.2 cm³/mol. The van der Waals surface area contributed by atoms with E-state index in [2.05, 4.69) is 15.9 Å². The van der Waals surface area contributed by atoms with Crippen molar-refractivity contribution in [3.63, 3.8) is 0 Å². The van der Waals surface area contributed by atoms with Crippen LogP contribution in [0.25, 0.3) is 0 Å². The maximum atomic E-state index is 11.4. The van der Waals surface area contributed by atoms with E-state index in [0.29, 0.717) is 15.7 Å². The van der Waals surface area contributed by atoms with Gasteiger partial charge >= 0.3 is 0 Å². The molecule has 3 nitrogen and oxygen atoms in total. The van der Waals surface area contributed by atoms with Crippen LogP contribution in [-0.2, 0) is 4.79 Å². The fourth-order valence-corrected chi connectivity index (χ4v) is 1.41. The summed E-state index contributed by atoms with van der Waals surface area (Å²) in [5, 5.41) is 0. The first-order chi connectivity index (χ1) is 6.50. The Morgan fingerprint density at radius 1 is 1.43 bits per heavy atom. The Morgan fingerprint density at radius 2 is 2.07 bits per heavy atom. The highest BCUT2D eigenvalue weighted by Gasteiger charge is 2.09. The summed E-state index contributed by atoms with van der Waals surface area (Å²) in [7, 11) is 0. The maximum absolute atomic E-state index is 11.4. The number of benzene rings is 1. The molecule has 0 unspecified atom stereocenters. The predicted octanol–water partition coefficient (Wildman–Crippen LogP) is 2.19. The van der Waals surface area contributed by atoms with Gasteiger partial charge in [-0.05, 0) is 41.1 Å². The minimum absolute atomic E-state index is 0.0592. The summed E-state index contributed by atoms with van der Waals surface area (Å²) in [6, 6.07) is 4.88. The van der Waals surface area contributed by atoms with Gasteiger partial charge in [0.2, 0.25) is 0 Å². The molecule has 0 radical (unpaired) electrons. The van der Waals surface area contributed by atoms with Crippen LogP contribution in [0.1, 0.15) is 23.7 Å². The molecule has 74 valence electrons. The Labute approximate surface area is 90.4 Å². The summed E-state index contributed by atoms with van der Waals surface area (Å²) in [6.07, 6.45) is -0.0592. The van der Waals surface area contributed by atoms with Gasteiger partial charge in [0.1, 0.15) is 5.78 Å². The summed E-state index contributed by atoms with van der Waals surface area (Å²) in [5.74, 6) is -0.318. The van der Waals surface area contributed by atoms with Gasteiger partial charge in [0, 0.05) is 15.7 Å². The van der Waals surface area contributed by atoms with E-state index in [-0.39, 0.29) is 18.0 Å². The van der Waals surface area contributed by atoms with Crippen molar-refractivity contribution in [2.45, 2.75) is 13.3 Å². The molecule has 0 heterocycles. The van der Waals surface area contributed by atoms with Crippen molar-refractivity contribution in [1.29, 1.82) is 0 Å². The van der Waals surface area contributed by atoms with Crippen LogP contribution in [0.2, 0.25) is 0 Å². The van der Waals surface area contributed by atoms with E-state index in [0.717, 1.165) is 0 Å². The maximum Gasteiger partial charge on any atom is 0.170 e. The fraction of sp³-hybridized carbons (Fsp3) is 0.200. The molecule has 0 aliphatic carbocycles. The zero-order chi connectivity index (χ0) is 10.7. The van der Waals surface area contributed by atoms with E-state index < -0.39 is 0 Å². The molecular formula is C10H10BrNO2. The molecule has 1 aromatic carbocycles. The Balaban J connectivity index is 2.91. The first-order valence-corrected chi connectivity index (χ1v) is 4.87. The lowest BCUT2D eigenvalue weighted by Crippen LogP contribution is -2.05. The molecule has 1 rings (SSSR count). The first kappa shape index (κ1) is 10.9. The standard InChI is InChI=1S/C10H10BrNO2/c1-6(13)4-10(14)7-2-3-9(12)8(11)5-7/h2-3,5H,4,12H2,1H3. The van der Waals surface area contributed by atoms with E-state index in [4.69, 9.17) is 5.73 Å². The van der Waals surface area contributed by atoms with Crippen LogP contribution in [-0.4, -0.2) is 11.6 Å². The molecule has 0 aromatic heterocycles. The average Bonchev–Trinajstić information content (AvgIpc) is 2.08. The van der Waals surface area contributed by atoms with E-state index in [1.165, 1.54) is 6.92 Å². The number of hydrogen-bond donors (Lipinski definition) is 1. The molecule has 0 fully saturated rings. The number of carbonyl (C=O) groups excluding carboxylic acids is 2. The molecule has 0 saturated carbocycles. The lowest BCUT2D eigenvalue weighted by Gasteiger charge is -2.01. The number of Topliss-reactive ketones (excluding diaryl/α,β-unsaturated/α-hetero) is 2. The number of carbonyl (C=O) groups is 2. The highest BCUT2D eigenvalue weighted by Crippen LogP contribution is 2.21. The monoisotopic (exact) mass is 255 g/mol. The number of nitrogens with two attached hydrogens (primary N) is 1. The lowest BCUT2D eigenvalue weighted by atomic mass is 10.1. The van der Waals surface area contributed by atoms with Gasteiger partial charge in [-0.15, -0.1) is 0 Å². The van der Waals surface area contributed by atoms with Gasteiger partial charge in [0.05, 0.1) is 6.42 Å². The number of hydrogen-bond acceptors (Lipinski definition) is 3. The third-order valence-electron chi connectivity index (χ3n) is 1.73. The Bertz CT molecular complexity index is 388. The van der Waals surface area contributed by atoms with E-state index in [1.54, 1.807) is 18.2 Å². The summed E-state index contributed by atoms with van der Waals surface area (Å²) in [5.41, 5.74) is 6.64. The van der Waals surface area contributed by atoms with Crippen LogP contribution in [0.4, 0.5) is 5.69 Å². The van der Waals surface area contributed by atoms with Crippen LogP contribution in [0.3, 0.4) is 0 Å². The normalized spacial score (nSPS) is 9.86. The topological polar surface area (TPSA) is 60.2 Å². The largest absolute Gasteiger partial charge is 0.398 e. The van der Waals surface area contributed by atoms with Gasteiger partial charge in [0.15, 0.2) is 5.78 Å². The van der Waals surface area contributed by atoms with Crippen molar-refractivity contribution >= 4 is 33.2 Å². The molecule has 0 atom stereocenters. The lowest BCUT2D eigenvalue weighted by molar-refractivity contribution is -0.116. The number of anilines is 1. The van der Waals surface area contributed by atoms with E-state index in [1.807, 2.05) is 0 Å². The SMILES string of the molecule is CC(=O)CC(=O)c1ccc(N)c(Br)c1. The van der Waals surface area contributed by atoms with Crippen molar-refractivity contribution in [1.82, 2.24) is 0 Å². The van der Waals surface area contributed by atoms with Gasteiger partial charge in [0.25, 0.3) is 0 Å². The van der Waals surface area contributed by atoms with Crippen LogP contribution in [0.15, 0.2) is 22.7 Å². The Kier molecular flexibility index (Phi) is 3.41. The highest BCUT2D eigenvalue weighted by molar-refractivity contribution is 9.10. The van der Waals surface area contributed by atoms with Crippen molar-refractivity contribution in [2.75, 3.05) is 5.73 Å². The van der Waals surface area contributed by atoms with Crippen LogP contribution in [0.5, 0.6) is 0 Å². The average molecular weight is 256 g/mol. The van der Waals surface area contributed by atoms with Crippen LogP contribution >= 0.6 is 15.9 Å². The fourth-order valence-electron chi connectivity index (χ4n) is 1.03. The third-order valence-corrected chi connectivity index (χ3v) is 2.42. The Morgan fingerprint density at radius 3 is 2.57 bits per heavy atom. The van der Waals surface area contributed by atoms with Crippen molar-refractivity contribution < 1.29 is 9.59 Å². The number of halogens is 1. The smallest absolute Gasteiger partial charge is 0.170 e. The van der Waals surface area contributed by atoms with Crippen molar-refractivity contribution in [3.8, 4) is 0 Å². The van der Waals surface area contributed by atoms with Crippen molar-refractivity contribution in [2.24, 2.45) is 0 Å². The van der Waals surface area contributed by atoms with Crippen molar-refractivity contribution in [3.05, 3.63) is 28.2 Å². The third kappa shape index (κ3) is 2.67. The van der Waals surface area contributed by atoms with E-state index in [9.17, 15) is 9.59 Å². The summed E-state index contributed by atoms with van der Waals surface area (Å²) in [4.78, 5) is 22.2. The molecule has 1 aromatic rings. The second-order valence-electron chi connectivity index (χ2n) is 3.04. The molecule has 0 spiro atoms. The zero-order valence-corrected chi connectivity index (χ0v) is 9.30. The zero-order valence-electron chi connectivity index (χ0n) is 7.71. The van der Waals surface area contributed by atoms with Gasteiger partial charge in [-0.3, -0.25) is 9.59 Å². The summed E-state index contributed by atoms with van der Waals surface area (Å²) < 4.78 is 0.673. The first-order valence-electron chi connectivity index (χ1n) is 4.08. The Hall–Kier alpha value is -1.16. The van der Waals surface area contributed by atoms with Crippen LogP contribution in [0, 0.1) is 0 Å². The minimum atomic E-state index is -0.182. The molecule has 0 amide bonds. The number of rotatable bonds is 3. The molecular weight excluding hydrogens is 246 g/mol. The molecule has 4 heteroatoms. The molecule has 2 N–H and O–H groups in total. The van der Waals surface area contributed by atoms with Gasteiger partial charge in [-0.1, -0.05) is 0 Å². The summed E-state index contributed by atoms with van der Waals surface area (Å²) >= 11 is 3.22. The quantitative estimate of drug-likeness (QED) is 0.512. The molecule has 0 bridgehead atoms. The molecule has 0 aliphatic heterocycles. The summed E-state index contributed by atoms with van der Waals surface area (Å²) in [6.45, 7) is 1.39. The second kappa shape index (κ2) is 4.37. The van der Waals surface area contributed by atoms with Gasteiger partial charge < -0.3 is 5.73 Å². The minimum Gasteiger partial charge on any atom is -0.398 e. The molecule has 14 heavy (non-hydrogen) atoms. The molecule has 0 saturated heterocycles. The number of ketones is 2. The highest BCUT2D eigenvalue weighted by atomic mass is 79.9. The van der Waals surface area contributed by atoms with Crippen LogP contribution < -0.4 is 5.73 Å². The number of nitrogen functional groups attached to an aromatic ring is 1. The van der Waals surface area contributed by atoms with Gasteiger partial charge in [-0.25, -0.2) is 0 Å². The van der Waals surface area contributed by atoms with Gasteiger partial charge in [-0.2, -0.15) is 0 Å². The molecule has 0 aliphatic rings.